The van der Waals surface area contributed by atoms with Crippen LogP contribution in [0.15, 0.2) is 30.5 Å². The molecule has 3 rings (SSSR count). The van der Waals surface area contributed by atoms with Gasteiger partial charge in [-0.15, -0.1) is 11.3 Å². The molecule has 0 amide bonds. The maximum absolute atomic E-state index is 13.3. The van der Waals surface area contributed by atoms with E-state index in [1.165, 1.54) is 23.5 Å². The summed E-state index contributed by atoms with van der Waals surface area (Å²) in [7, 11) is 1.60. The Bertz CT molecular complexity index is 759. The molecule has 2 heterocycles. The summed E-state index contributed by atoms with van der Waals surface area (Å²) in [5.41, 5.74) is 7.23. The van der Waals surface area contributed by atoms with Crippen LogP contribution in [-0.2, 0) is 6.54 Å². The number of nitrogens with zero attached hydrogens (tertiary/aromatic N) is 2. The summed E-state index contributed by atoms with van der Waals surface area (Å²) >= 11 is 1.49. The molecule has 0 fully saturated rings. The van der Waals surface area contributed by atoms with Crippen LogP contribution >= 0.6 is 11.3 Å². The Labute approximate surface area is 125 Å². The number of aromatic nitrogens is 2. The lowest BCUT2D eigenvalue weighted by Gasteiger charge is -2.13. The molecular weight excluding hydrogens is 289 g/mol. The van der Waals surface area contributed by atoms with Gasteiger partial charge in [-0.25, -0.2) is 4.39 Å². The van der Waals surface area contributed by atoms with Gasteiger partial charge in [0.25, 0.3) is 0 Å². The first kappa shape index (κ1) is 14.0. The Morgan fingerprint density at radius 1 is 1.43 bits per heavy atom. The minimum Gasteiger partial charge on any atom is -0.493 e. The smallest absolute Gasteiger partial charge is 0.161 e. The monoisotopic (exact) mass is 305 g/mol. The maximum atomic E-state index is 13.3. The fraction of sp³-hybridized carbons (Fsp3) is 0.267. The molecule has 0 bridgehead atoms. The minimum atomic E-state index is -0.345. The molecule has 1 atom stereocenters. The van der Waals surface area contributed by atoms with E-state index in [0.717, 1.165) is 20.7 Å². The van der Waals surface area contributed by atoms with Gasteiger partial charge in [-0.2, -0.15) is 5.10 Å². The third-order valence-electron chi connectivity index (χ3n) is 3.47. The summed E-state index contributed by atoms with van der Waals surface area (Å²) in [6.45, 7) is 2.72. The molecule has 0 saturated heterocycles. The average molecular weight is 305 g/mol. The topological polar surface area (TPSA) is 53.1 Å². The molecule has 0 spiro atoms. The quantitative estimate of drug-likeness (QED) is 0.804. The molecular formula is C15H16FN3OS. The lowest BCUT2D eigenvalue weighted by molar-refractivity contribution is 0.405. The van der Waals surface area contributed by atoms with Crippen molar-refractivity contribution in [2.75, 3.05) is 7.11 Å². The number of methoxy groups -OCH3 is 1. The second-order valence-electron chi connectivity index (χ2n) is 4.72. The van der Waals surface area contributed by atoms with Crippen molar-refractivity contribution >= 4 is 21.4 Å². The molecule has 4 nitrogen and oxygen atoms in total. The van der Waals surface area contributed by atoms with Gasteiger partial charge in [0, 0.05) is 16.1 Å². The van der Waals surface area contributed by atoms with E-state index in [1.807, 2.05) is 17.7 Å². The average Bonchev–Trinajstić information content (AvgIpc) is 3.08. The largest absolute Gasteiger partial charge is 0.493 e. The van der Waals surface area contributed by atoms with Crippen molar-refractivity contribution in [3.8, 4) is 5.75 Å². The summed E-state index contributed by atoms with van der Waals surface area (Å²) in [5, 5.41) is 5.27. The molecule has 0 radical (unpaired) electrons. The first-order valence-corrected chi connectivity index (χ1v) is 7.50. The lowest BCUT2D eigenvalue weighted by atomic mass is 10.1. The number of nitrogens with two attached hydrogens (primary N) is 1. The van der Waals surface area contributed by atoms with Crippen molar-refractivity contribution in [1.82, 2.24) is 9.78 Å². The standard InChI is InChI=1S/C15H16FN3OS/c1-3-19-15(11(20-2)8-18-19)14(17)13-6-9-4-5-10(16)7-12(9)21-13/h4-8,14H,3,17H2,1-2H3. The van der Waals surface area contributed by atoms with Crippen LogP contribution in [0, 0.1) is 5.82 Å². The summed E-state index contributed by atoms with van der Waals surface area (Å²) in [6, 6.07) is 6.41. The predicted octanol–water partition coefficient (Wildman–Crippen LogP) is 3.31. The summed E-state index contributed by atoms with van der Waals surface area (Å²) < 4.78 is 21.4. The molecule has 110 valence electrons. The number of fused-ring (bicyclic) bond motifs is 1. The first-order valence-electron chi connectivity index (χ1n) is 6.68. The van der Waals surface area contributed by atoms with Gasteiger partial charge in [-0.3, -0.25) is 4.68 Å². The van der Waals surface area contributed by atoms with Crippen molar-refractivity contribution in [3.63, 3.8) is 0 Å². The second kappa shape index (κ2) is 5.46. The molecule has 1 unspecified atom stereocenters. The molecule has 0 aliphatic rings. The van der Waals surface area contributed by atoms with Crippen LogP contribution < -0.4 is 10.5 Å². The molecule has 0 aliphatic heterocycles. The number of hydrogen-bond donors (Lipinski definition) is 1. The number of rotatable bonds is 4. The second-order valence-corrected chi connectivity index (χ2v) is 5.84. The van der Waals surface area contributed by atoms with Gasteiger partial charge in [-0.05, 0) is 30.5 Å². The van der Waals surface area contributed by atoms with Gasteiger partial charge in [0.1, 0.15) is 11.5 Å². The molecule has 0 aliphatic carbocycles. The Morgan fingerprint density at radius 2 is 2.24 bits per heavy atom. The lowest BCUT2D eigenvalue weighted by Crippen LogP contribution is -2.17. The molecule has 2 aromatic heterocycles. The predicted molar refractivity (Wildman–Crippen MR) is 82.3 cm³/mol. The highest BCUT2D eigenvalue weighted by atomic mass is 32.1. The van der Waals surface area contributed by atoms with Crippen LogP contribution in [0.4, 0.5) is 4.39 Å². The van der Waals surface area contributed by atoms with Gasteiger partial charge in [0.2, 0.25) is 0 Å². The molecule has 0 saturated carbocycles. The van der Waals surface area contributed by atoms with E-state index in [4.69, 9.17) is 10.5 Å². The number of aryl methyl sites for hydroxylation is 1. The highest BCUT2D eigenvalue weighted by Gasteiger charge is 2.21. The van der Waals surface area contributed by atoms with E-state index in [0.29, 0.717) is 12.3 Å². The normalized spacial score (nSPS) is 12.8. The fourth-order valence-electron chi connectivity index (χ4n) is 2.41. The summed E-state index contributed by atoms with van der Waals surface area (Å²) in [4.78, 5) is 0.962. The van der Waals surface area contributed by atoms with Crippen molar-refractivity contribution in [2.24, 2.45) is 5.73 Å². The van der Waals surface area contributed by atoms with E-state index in [-0.39, 0.29) is 11.9 Å². The number of ether oxygens (including phenoxy) is 1. The molecule has 3 aromatic rings. The number of thiophene rings is 1. The zero-order valence-corrected chi connectivity index (χ0v) is 12.7. The van der Waals surface area contributed by atoms with Crippen molar-refractivity contribution in [2.45, 2.75) is 19.5 Å². The Balaban J connectivity index is 2.07. The van der Waals surface area contributed by atoms with Gasteiger partial charge in [-0.1, -0.05) is 6.07 Å². The summed E-state index contributed by atoms with van der Waals surface area (Å²) in [5.74, 6) is 0.439. The van der Waals surface area contributed by atoms with Crippen LogP contribution in [0.1, 0.15) is 23.5 Å². The van der Waals surface area contributed by atoms with E-state index in [2.05, 4.69) is 5.10 Å². The van der Waals surface area contributed by atoms with Crippen molar-refractivity contribution < 1.29 is 9.13 Å². The SMILES string of the molecule is CCn1ncc(OC)c1C(N)c1cc2ccc(F)cc2s1. The highest BCUT2D eigenvalue weighted by Crippen LogP contribution is 2.35. The maximum Gasteiger partial charge on any atom is 0.161 e. The molecule has 21 heavy (non-hydrogen) atoms. The number of halogens is 1. The van der Waals surface area contributed by atoms with E-state index in [1.54, 1.807) is 19.4 Å². The third kappa shape index (κ3) is 2.41. The van der Waals surface area contributed by atoms with Crippen molar-refractivity contribution in [3.05, 3.63) is 46.9 Å². The van der Waals surface area contributed by atoms with Crippen LogP contribution in [-0.4, -0.2) is 16.9 Å². The molecule has 2 N–H and O–H groups in total. The van der Waals surface area contributed by atoms with Gasteiger partial charge in [0.15, 0.2) is 5.75 Å². The Kier molecular flexibility index (Phi) is 3.65. The van der Waals surface area contributed by atoms with Crippen LogP contribution in [0.3, 0.4) is 0 Å². The zero-order chi connectivity index (χ0) is 15.0. The van der Waals surface area contributed by atoms with E-state index < -0.39 is 0 Å². The van der Waals surface area contributed by atoms with Crippen molar-refractivity contribution in [1.29, 1.82) is 0 Å². The minimum absolute atomic E-state index is 0.236. The number of benzene rings is 1. The van der Waals surface area contributed by atoms with Gasteiger partial charge in [0.05, 0.1) is 19.3 Å². The van der Waals surface area contributed by atoms with Gasteiger partial charge >= 0.3 is 0 Å². The Hall–Kier alpha value is -1.92. The van der Waals surface area contributed by atoms with E-state index in [9.17, 15) is 4.39 Å². The van der Waals surface area contributed by atoms with Crippen LogP contribution in [0.5, 0.6) is 5.75 Å². The Morgan fingerprint density at radius 3 is 2.95 bits per heavy atom. The molecule has 1 aromatic carbocycles. The first-order chi connectivity index (χ1) is 10.1. The van der Waals surface area contributed by atoms with Gasteiger partial charge < -0.3 is 10.5 Å². The zero-order valence-electron chi connectivity index (χ0n) is 11.8. The van der Waals surface area contributed by atoms with Crippen LogP contribution in [0.25, 0.3) is 10.1 Å². The number of hydrogen-bond acceptors (Lipinski definition) is 4. The molecule has 6 heteroatoms. The third-order valence-corrected chi connectivity index (χ3v) is 4.65. The summed E-state index contributed by atoms with van der Waals surface area (Å²) in [6.07, 6.45) is 1.67. The highest BCUT2D eigenvalue weighted by molar-refractivity contribution is 7.19. The van der Waals surface area contributed by atoms with E-state index >= 15 is 0 Å². The fourth-order valence-corrected chi connectivity index (χ4v) is 3.51. The van der Waals surface area contributed by atoms with Crippen LogP contribution in [0.2, 0.25) is 0 Å².